The second-order valence-electron chi connectivity index (χ2n) is 8.66. The number of hydrogen-bond donors (Lipinski definition) is 1. The van der Waals surface area contributed by atoms with E-state index in [0.29, 0.717) is 19.0 Å². The summed E-state index contributed by atoms with van der Waals surface area (Å²) >= 11 is 0. The topological polar surface area (TPSA) is 38.3 Å². The Hall–Kier alpha value is -1.68. The molecule has 0 radical (unpaired) electrons. The summed E-state index contributed by atoms with van der Waals surface area (Å²) in [6, 6.07) is 6.48. The average molecular weight is 357 g/mol. The molecule has 1 saturated heterocycles. The van der Waals surface area contributed by atoms with Crippen LogP contribution >= 0.6 is 0 Å². The molecule has 2 saturated carbocycles. The minimum Gasteiger partial charge on any atom is -0.462 e. The molecule has 0 spiro atoms. The standard InChI is InChI=1S/C22H28FNO2/c1-14-4-3-9-22(2)11-20-17(10-19(14)22)18(21(25)26-20)13-24-12-15-5-7-16(23)8-6-15/h5-8,17-20,24H,1,3-4,9-13H2,2H3/t17-,18-,19+,20+,22-/m0/s1. The molecular formula is C22H28FNO2. The first kappa shape index (κ1) is 17.7. The van der Waals surface area contributed by atoms with Crippen LogP contribution in [0.4, 0.5) is 4.39 Å². The normalized spacial score (nSPS) is 36.4. The summed E-state index contributed by atoms with van der Waals surface area (Å²) in [6.07, 6.45) is 5.60. The third kappa shape index (κ3) is 3.20. The smallest absolute Gasteiger partial charge is 0.310 e. The van der Waals surface area contributed by atoms with Crippen molar-refractivity contribution in [3.05, 3.63) is 47.8 Å². The Balaban J connectivity index is 1.40. The molecule has 0 bridgehead atoms. The van der Waals surface area contributed by atoms with Crippen molar-refractivity contribution in [2.75, 3.05) is 6.54 Å². The molecule has 1 aliphatic heterocycles. The van der Waals surface area contributed by atoms with Crippen molar-refractivity contribution in [2.24, 2.45) is 23.2 Å². The molecule has 1 aromatic rings. The van der Waals surface area contributed by atoms with Gasteiger partial charge in [-0.15, -0.1) is 0 Å². The molecule has 0 unspecified atom stereocenters. The highest BCUT2D eigenvalue weighted by molar-refractivity contribution is 5.75. The van der Waals surface area contributed by atoms with E-state index in [0.717, 1.165) is 24.8 Å². The summed E-state index contributed by atoms with van der Waals surface area (Å²) in [5.41, 5.74) is 2.63. The number of rotatable bonds is 4. The second kappa shape index (κ2) is 6.80. The third-order valence-electron chi connectivity index (χ3n) is 6.93. The van der Waals surface area contributed by atoms with Crippen molar-refractivity contribution < 1.29 is 13.9 Å². The summed E-state index contributed by atoms with van der Waals surface area (Å²) < 4.78 is 18.8. The number of fused-ring (bicyclic) bond motifs is 2. The first-order valence-electron chi connectivity index (χ1n) is 9.79. The molecule has 140 valence electrons. The zero-order valence-electron chi connectivity index (χ0n) is 15.5. The molecule has 4 rings (SSSR count). The fraction of sp³-hybridized carbons (Fsp3) is 0.591. The van der Waals surface area contributed by atoms with Gasteiger partial charge in [0.2, 0.25) is 0 Å². The van der Waals surface area contributed by atoms with Crippen LogP contribution in [0.3, 0.4) is 0 Å². The van der Waals surface area contributed by atoms with Crippen LogP contribution < -0.4 is 5.32 Å². The number of allylic oxidation sites excluding steroid dienone is 1. The van der Waals surface area contributed by atoms with E-state index in [4.69, 9.17) is 4.74 Å². The Bertz CT molecular complexity index is 701. The summed E-state index contributed by atoms with van der Waals surface area (Å²) in [5, 5.41) is 3.37. The first-order valence-corrected chi connectivity index (χ1v) is 9.79. The quantitative estimate of drug-likeness (QED) is 0.647. The number of nitrogens with one attached hydrogen (secondary N) is 1. The Labute approximate surface area is 155 Å². The van der Waals surface area contributed by atoms with Crippen molar-refractivity contribution in [1.29, 1.82) is 0 Å². The molecule has 1 heterocycles. The van der Waals surface area contributed by atoms with Crippen LogP contribution in [0.25, 0.3) is 0 Å². The van der Waals surface area contributed by atoms with E-state index in [1.165, 1.54) is 30.5 Å². The van der Waals surface area contributed by atoms with Crippen LogP contribution in [0, 0.1) is 29.0 Å². The van der Waals surface area contributed by atoms with Gasteiger partial charge in [0, 0.05) is 19.0 Å². The lowest BCUT2D eigenvalue weighted by Gasteiger charge is -2.50. The fourth-order valence-corrected chi connectivity index (χ4v) is 5.46. The van der Waals surface area contributed by atoms with Gasteiger partial charge in [-0.2, -0.15) is 0 Å². The van der Waals surface area contributed by atoms with E-state index in [-0.39, 0.29) is 35.1 Å². The van der Waals surface area contributed by atoms with Gasteiger partial charge in [-0.05, 0) is 61.1 Å². The molecule has 4 heteroatoms. The molecule has 3 aliphatic rings. The third-order valence-corrected chi connectivity index (χ3v) is 6.93. The number of esters is 1. The van der Waals surface area contributed by atoms with Crippen molar-refractivity contribution in [1.82, 2.24) is 5.32 Å². The van der Waals surface area contributed by atoms with Gasteiger partial charge in [-0.25, -0.2) is 4.39 Å². The summed E-state index contributed by atoms with van der Waals surface area (Å²) in [4.78, 5) is 12.5. The maximum atomic E-state index is 13.0. The number of carbonyl (C=O) groups excluding carboxylic acids is 1. The lowest BCUT2D eigenvalue weighted by Crippen LogP contribution is -2.45. The number of ether oxygens (including phenoxy) is 1. The highest BCUT2D eigenvalue weighted by Gasteiger charge is 2.54. The van der Waals surface area contributed by atoms with Crippen molar-refractivity contribution in [2.45, 2.75) is 51.7 Å². The monoisotopic (exact) mass is 357 g/mol. The van der Waals surface area contributed by atoms with E-state index in [1.807, 2.05) is 0 Å². The van der Waals surface area contributed by atoms with Gasteiger partial charge in [0.25, 0.3) is 0 Å². The van der Waals surface area contributed by atoms with Crippen LogP contribution in [0.2, 0.25) is 0 Å². The minimum absolute atomic E-state index is 0.0561. The molecule has 3 fully saturated rings. The van der Waals surface area contributed by atoms with Gasteiger partial charge < -0.3 is 10.1 Å². The first-order chi connectivity index (χ1) is 12.5. The van der Waals surface area contributed by atoms with Crippen molar-refractivity contribution >= 4 is 5.97 Å². The van der Waals surface area contributed by atoms with Crippen molar-refractivity contribution in [3.8, 4) is 0 Å². The van der Waals surface area contributed by atoms with Crippen LogP contribution in [-0.4, -0.2) is 18.6 Å². The highest BCUT2D eigenvalue weighted by atomic mass is 19.1. The zero-order chi connectivity index (χ0) is 18.3. The van der Waals surface area contributed by atoms with Gasteiger partial charge in [-0.3, -0.25) is 4.79 Å². The van der Waals surface area contributed by atoms with Crippen LogP contribution in [0.1, 0.15) is 44.6 Å². The average Bonchev–Trinajstić information content (AvgIpc) is 2.89. The Morgan fingerprint density at radius 1 is 1.35 bits per heavy atom. The number of benzene rings is 1. The fourth-order valence-electron chi connectivity index (χ4n) is 5.46. The van der Waals surface area contributed by atoms with E-state index >= 15 is 0 Å². The molecule has 0 amide bonds. The predicted octanol–water partition coefficient (Wildman–Crippen LogP) is 4.23. The van der Waals surface area contributed by atoms with Crippen LogP contribution in [-0.2, 0) is 16.1 Å². The van der Waals surface area contributed by atoms with Gasteiger partial charge in [0.1, 0.15) is 11.9 Å². The maximum Gasteiger partial charge on any atom is 0.310 e. The van der Waals surface area contributed by atoms with Crippen molar-refractivity contribution in [3.63, 3.8) is 0 Å². The molecule has 1 N–H and O–H groups in total. The number of carbonyl (C=O) groups is 1. The van der Waals surface area contributed by atoms with Gasteiger partial charge in [0.15, 0.2) is 0 Å². The molecule has 1 aromatic carbocycles. The molecule has 2 aliphatic carbocycles. The van der Waals surface area contributed by atoms with Crippen LogP contribution in [0.15, 0.2) is 36.4 Å². The minimum atomic E-state index is -0.228. The van der Waals surface area contributed by atoms with E-state index in [9.17, 15) is 9.18 Å². The van der Waals surface area contributed by atoms with Gasteiger partial charge in [-0.1, -0.05) is 31.2 Å². The molecule has 5 atom stereocenters. The Kier molecular flexibility index (Phi) is 4.64. The van der Waals surface area contributed by atoms with E-state index in [1.54, 1.807) is 12.1 Å². The number of halogens is 1. The molecule has 0 aromatic heterocycles. The van der Waals surface area contributed by atoms with Gasteiger partial charge >= 0.3 is 5.97 Å². The van der Waals surface area contributed by atoms with E-state index < -0.39 is 0 Å². The highest BCUT2D eigenvalue weighted by Crippen LogP contribution is 2.56. The predicted molar refractivity (Wildman–Crippen MR) is 98.8 cm³/mol. The van der Waals surface area contributed by atoms with Gasteiger partial charge in [0.05, 0.1) is 5.92 Å². The largest absolute Gasteiger partial charge is 0.462 e. The summed E-state index contributed by atoms with van der Waals surface area (Å²) in [5.74, 6) is 0.441. The molecule has 3 nitrogen and oxygen atoms in total. The van der Waals surface area contributed by atoms with Crippen LogP contribution in [0.5, 0.6) is 0 Å². The Morgan fingerprint density at radius 2 is 2.12 bits per heavy atom. The maximum absolute atomic E-state index is 13.0. The SMILES string of the molecule is C=C1CCC[C@@]2(C)C[C@H]3OC(=O)[C@@H](CNCc4ccc(F)cc4)[C@@H]3C[C@H]12. The molecule has 26 heavy (non-hydrogen) atoms. The lowest BCUT2D eigenvalue weighted by atomic mass is 9.55. The summed E-state index contributed by atoms with van der Waals surface area (Å²) in [6.45, 7) is 7.94. The lowest BCUT2D eigenvalue weighted by molar-refractivity contribution is -0.146. The Morgan fingerprint density at radius 3 is 2.88 bits per heavy atom. The number of hydrogen-bond acceptors (Lipinski definition) is 3. The zero-order valence-corrected chi connectivity index (χ0v) is 15.5. The second-order valence-corrected chi connectivity index (χ2v) is 8.66. The molecular weight excluding hydrogens is 329 g/mol. The summed E-state index contributed by atoms with van der Waals surface area (Å²) in [7, 11) is 0. The van der Waals surface area contributed by atoms with E-state index in [2.05, 4.69) is 18.8 Å².